The summed E-state index contributed by atoms with van der Waals surface area (Å²) in [5, 5.41) is 94.7. The van der Waals surface area contributed by atoms with E-state index in [9.17, 15) is 155 Å². The molecule has 782 valence electrons. The van der Waals surface area contributed by atoms with Gasteiger partial charge < -0.3 is 167 Å². The quantitative estimate of drug-likeness (QED) is 0.0153. The Hall–Kier alpha value is -14.6. The molecule has 0 aromatic heterocycles. The maximum absolute atomic E-state index is 14.8. The largest absolute Gasteiger partial charge is 0.481 e. The molecule has 58 heteroatoms. The van der Waals surface area contributed by atoms with Crippen LogP contribution >= 0.6 is 0 Å². The smallest absolute Gasteiger partial charge is 0.303 e. The highest BCUT2D eigenvalue weighted by Gasteiger charge is 2.41. The molecule has 0 saturated carbocycles. The van der Waals surface area contributed by atoms with Crippen LogP contribution in [0.4, 0.5) is 0 Å². The van der Waals surface area contributed by atoms with Crippen LogP contribution in [0.5, 0.6) is 0 Å². The second kappa shape index (κ2) is 65.2. The molecule has 0 aromatic carbocycles. The molecule has 0 radical (unpaired) electrons. The Kier molecular flexibility index (Phi) is 58.3. The third-order valence-corrected chi connectivity index (χ3v) is 20.5. The number of unbranched alkanes of at least 4 members (excludes halogenated alkanes) is 1. The number of carboxylic acid groups (broad SMARTS) is 5. The molecule has 0 spiro atoms. The predicted octanol–water partition coefficient (Wildman–Crippen LogP) is -12.9. The van der Waals surface area contributed by atoms with Crippen molar-refractivity contribution in [3.63, 3.8) is 0 Å². The Morgan fingerprint density at radius 1 is 0.281 bits per heavy atom. The van der Waals surface area contributed by atoms with Crippen molar-refractivity contribution in [2.45, 2.75) is 299 Å². The number of nitrogens with zero attached hydrogens (tertiary/aromatic N) is 1. The minimum atomic E-state index is -2.12. The molecule has 0 aliphatic heterocycles. The van der Waals surface area contributed by atoms with E-state index in [1.54, 1.807) is 34.6 Å². The highest BCUT2D eigenvalue weighted by molar-refractivity contribution is 6.03. The molecule has 0 unspecified atom stereocenters. The summed E-state index contributed by atoms with van der Waals surface area (Å²) in [5.41, 5.74) is 48.9. The fourth-order valence-electron chi connectivity index (χ4n) is 12.9. The van der Waals surface area contributed by atoms with Crippen LogP contribution in [-0.4, -0.2) is 313 Å². The lowest BCUT2D eigenvalue weighted by molar-refractivity contribution is -0.140. The van der Waals surface area contributed by atoms with Crippen LogP contribution in [0.1, 0.15) is 203 Å². The number of hydrogen-bond acceptors (Lipinski definition) is 30. The Morgan fingerprint density at radius 3 is 0.849 bits per heavy atom. The van der Waals surface area contributed by atoms with Crippen LogP contribution in [0.15, 0.2) is 4.99 Å². The van der Waals surface area contributed by atoms with Gasteiger partial charge in [0.15, 0.2) is 5.96 Å². The zero-order chi connectivity index (χ0) is 106. The van der Waals surface area contributed by atoms with Gasteiger partial charge in [0.25, 0.3) is 0 Å². The number of carbonyl (C=O) groups is 26. The fraction of sp³-hybridized carbons (Fsp3) is 0.667. The fourth-order valence-corrected chi connectivity index (χ4v) is 12.9. The summed E-state index contributed by atoms with van der Waals surface area (Å²) >= 11 is 0. The molecule has 0 aliphatic carbocycles. The number of aliphatic imine (C=N–C) groups is 1. The molecule has 0 aromatic rings. The summed E-state index contributed by atoms with van der Waals surface area (Å²) in [6, 6.07) is -29.1. The molecule has 40 N–H and O–H groups in total. The van der Waals surface area contributed by atoms with Crippen molar-refractivity contribution in [3.8, 4) is 0 Å². The number of nitrogens with one attached hydrogen (secondary N) is 16. The maximum atomic E-state index is 14.8. The molecule has 0 aliphatic rings. The van der Waals surface area contributed by atoms with E-state index in [1.165, 1.54) is 6.92 Å². The molecule has 0 bridgehead atoms. The summed E-state index contributed by atoms with van der Waals surface area (Å²) in [7, 11) is 0. The minimum Gasteiger partial charge on any atom is -0.481 e. The molecule has 0 fully saturated rings. The van der Waals surface area contributed by atoms with Crippen LogP contribution in [0, 0.1) is 17.8 Å². The topological polar surface area (TPSA) is 1000 Å². The second-order valence-corrected chi connectivity index (χ2v) is 33.3. The van der Waals surface area contributed by atoms with Crippen molar-refractivity contribution in [1.29, 1.82) is 0 Å². The number of guanidine groups is 1. The third kappa shape index (κ3) is 52.3. The van der Waals surface area contributed by atoms with Gasteiger partial charge in [-0.05, 0) is 121 Å². The van der Waals surface area contributed by atoms with Gasteiger partial charge in [0.2, 0.25) is 124 Å². The van der Waals surface area contributed by atoms with Crippen LogP contribution in [-0.2, 0) is 125 Å². The molecule has 58 nitrogen and oxygen atoms in total. The highest BCUT2D eigenvalue weighted by Crippen LogP contribution is 2.18. The van der Waals surface area contributed by atoms with Gasteiger partial charge in [0.05, 0.1) is 26.0 Å². The first-order valence-corrected chi connectivity index (χ1v) is 44.3. The van der Waals surface area contributed by atoms with E-state index in [0.29, 0.717) is 0 Å². The Morgan fingerprint density at radius 2 is 0.547 bits per heavy atom. The first kappa shape index (κ1) is 124. The van der Waals surface area contributed by atoms with E-state index < -0.39 is 390 Å². The van der Waals surface area contributed by atoms with E-state index in [2.05, 4.69) is 90.1 Å². The average Bonchev–Trinajstić information content (AvgIpc) is 0.853. The summed E-state index contributed by atoms with van der Waals surface area (Å²) in [4.78, 5) is 349. The SMILES string of the molecule is CC[C@H](C)[C@H](NC(=O)[C@H](CC(C)C)NC(=O)[C@H](CCC(=O)O)NC(=O)[C@H](CCC(N)=O)NC(=O)[C@H](CC(N)=O)NC(=O)[C@H](C)NC(=O)[C@H](CCC(N)=O)NC(=O)[C@H](CC(C)C)NC(=O)[C@H](CCC(=O)O)NC(=O)[C@H](CCC(=O)O)NC(=O)[C@H](CCC(=O)O)NC(=O)CN)C(=O)N[C@@H](CCCN=C(N)N)C(=O)N[C@@H](CCC(=O)O)C(=O)N[C@@H](CCCCN)C(=O)N[C@@H](CO)C(=O)N[C@@H](CC(N)=O)C(N)=O. The standard InChI is InChI=1S/C81H136N26O32/c1-8-38(6)64(80(139)101-41(13-11-29-91-81(89)90)68(127)95-45(17-24-60(116)117)72(131)94-40(12-9-10-28-82)69(128)106-53(35-108)79(138)102-49(65(88)124)32-56(86)111)107-78(137)51(31-37(4)5)105-75(134)48(20-27-63(122)123)97-71(130)44(15-22-55(85)110)100-77(136)52(33-57(87)112)103-66(125)39(7)92-67(126)43(14-21-54(84)109)99-76(135)50(30-36(2)3)104-74(133)47(19-26-62(120)121)98-73(132)46(18-25-61(118)119)96-70(129)42(16-23-59(114)115)93-58(113)34-83/h36-53,64,108H,8-35,82-83H2,1-7H3,(H2,84,109)(H2,85,110)(H2,86,111)(H2,87,112)(H2,88,124)(H,92,126)(H,93,113)(H,94,131)(H,95,127)(H,96,129)(H,97,130)(H,98,132)(H,99,135)(H,100,136)(H,101,139)(H,102,138)(H,103,125)(H,104,133)(H,105,134)(H,106,128)(H,107,137)(H,114,115)(H,116,117)(H,118,119)(H,120,121)(H,122,123)(H4,89,90,91)/t38-,39-,40-,41-,42-,43-,44-,45-,46-,47-,48-,49-,50-,51-,52-,53-,64-/m0/s1. The second-order valence-electron chi connectivity index (χ2n) is 33.3. The van der Waals surface area contributed by atoms with E-state index in [1.807, 2.05) is 0 Å². The highest BCUT2D eigenvalue weighted by atomic mass is 16.4. The monoisotopic (exact) mass is 1980 g/mol. The zero-order valence-corrected chi connectivity index (χ0v) is 78.2. The van der Waals surface area contributed by atoms with Crippen LogP contribution < -0.4 is 137 Å². The lowest BCUT2D eigenvalue weighted by Gasteiger charge is -2.30. The summed E-state index contributed by atoms with van der Waals surface area (Å²) in [6.07, 6.45) is -13.1. The van der Waals surface area contributed by atoms with E-state index in [-0.39, 0.29) is 64.5 Å². The van der Waals surface area contributed by atoms with Gasteiger partial charge in [0.1, 0.15) is 96.7 Å². The summed E-state index contributed by atoms with van der Waals surface area (Å²) in [6.45, 7) is 8.44. The number of carboxylic acids is 5. The minimum absolute atomic E-state index is 0.0776. The van der Waals surface area contributed by atoms with E-state index in [4.69, 9.17) is 51.6 Å². The van der Waals surface area contributed by atoms with E-state index in [0.717, 1.165) is 6.92 Å². The Balaban J connectivity index is 7.51. The van der Waals surface area contributed by atoms with Gasteiger partial charge in [-0.3, -0.25) is 130 Å². The van der Waals surface area contributed by atoms with E-state index >= 15 is 0 Å². The van der Waals surface area contributed by atoms with Gasteiger partial charge in [0, 0.05) is 51.5 Å². The van der Waals surface area contributed by atoms with Crippen molar-refractivity contribution in [2.24, 2.45) is 74.3 Å². The third-order valence-electron chi connectivity index (χ3n) is 20.5. The van der Waals surface area contributed by atoms with Crippen LogP contribution in [0.25, 0.3) is 0 Å². The number of rotatable bonds is 73. The first-order chi connectivity index (χ1) is 64.9. The first-order valence-electron chi connectivity index (χ1n) is 44.3. The number of aliphatic hydroxyl groups is 1. The van der Waals surface area contributed by atoms with Crippen molar-refractivity contribution in [1.82, 2.24) is 85.1 Å². The van der Waals surface area contributed by atoms with Crippen molar-refractivity contribution < 1.29 is 155 Å². The molecular weight excluding hydrogens is 1850 g/mol. The maximum Gasteiger partial charge on any atom is 0.303 e. The van der Waals surface area contributed by atoms with Gasteiger partial charge in [-0.2, -0.15) is 0 Å². The lowest BCUT2D eigenvalue weighted by atomic mass is 9.96. The number of aliphatic hydroxyl groups excluding tert-OH is 1. The Bertz CT molecular complexity index is 4340. The van der Waals surface area contributed by atoms with Gasteiger partial charge in [-0.25, -0.2) is 0 Å². The van der Waals surface area contributed by atoms with Crippen LogP contribution in [0.2, 0.25) is 0 Å². The normalized spacial score (nSPS) is 14.6. The van der Waals surface area contributed by atoms with Crippen molar-refractivity contribution in [2.75, 3.05) is 26.2 Å². The number of primary amides is 5. The van der Waals surface area contributed by atoms with Crippen molar-refractivity contribution >= 4 is 160 Å². The van der Waals surface area contributed by atoms with Crippen LogP contribution in [0.3, 0.4) is 0 Å². The number of aliphatic carboxylic acids is 5. The lowest BCUT2D eigenvalue weighted by Crippen LogP contribution is -2.62. The predicted molar refractivity (Wildman–Crippen MR) is 482 cm³/mol. The number of amides is 21. The Labute approximate surface area is 797 Å². The van der Waals surface area contributed by atoms with Gasteiger partial charge in [-0.1, -0.05) is 48.0 Å². The number of nitrogens with two attached hydrogens (primary N) is 9. The summed E-state index contributed by atoms with van der Waals surface area (Å²) < 4.78 is 0. The zero-order valence-electron chi connectivity index (χ0n) is 78.2. The molecule has 0 rings (SSSR count). The van der Waals surface area contributed by atoms with Crippen molar-refractivity contribution in [3.05, 3.63) is 0 Å². The van der Waals surface area contributed by atoms with Gasteiger partial charge in [-0.15, -0.1) is 0 Å². The molecule has 139 heavy (non-hydrogen) atoms. The molecular formula is C81H136N26O32. The number of carbonyl (C=O) groups excluding carboxylic acids is 21. The summed E-state index contributed by atoms with van der Waals surface area (Å²) in [5.74, 6) is -35.2. The molecule has 17 atom stereocenters. The average molecular weight is 1990 g/mol. The molecule has 21 amide bonds. The molecule has 0 saturated heterocycles. The number of hydrogen-bond donors (Lipinski definition) is 31. The molecule has 0 heterocycles. The van der Waals surface area contributed by atoms with Gasteiger partial charge >= 0.3 is 29.8 Å².